The molecule has 0 aliphatic heterocycles. The molecule has 5 nitrogen and oxygen atoms in total. The molecule has 1 fully saturated rings. The van der Waals surface area contributed by atoms with Crippen molar-refractivity contribution in [3.05, 3.63) is 29.8 Å². The summed E-state index contributed by atoms with van der Waals surface area (Å²) in [7, 11) is -1.83. The summed E-state index contributed by atoms with van der Waals surface area (Å²) in [6, 6.07) is 6.40. The van der Waals surface area contributed by atoms with Crippen LogP contribution in [0, 0.1) is 5.92 Å². The first kappa shape index (κ1) is 18.9. The average Bonchev–Trinajstić information content (AvgIpc) is 3.05. The molecule has 1 atom stereocenters. The number of rotatable bonds is 6. The van der Waals surface area contributed by atoms with Crippen molar-refractivity contribution < 1.29 is 13.2 Å². The van der Waals surface area contributed by atoms with Crippen molar-refractivity contribution in [1.29, 1.82) is 0 Å². The molecule has 0 radical (unpaired) electrons. The molecule has 134 valence electrons. The van der Waals surface area contributed by atoms with Gasteiger partial charge in [0.1, 0.15) is 0 Å². The fraction of sp³-hybridized carbons (Fsp3) is 0.611. The molecule has 1 amide bonds. The van der Waals surface area contributed by atoms with Gasteiger partial charge in [-0.2, -0.15) is 0 Å². The van der Waals surface area contributed by atoms with E-state index >= 15 is 0 Å². The van der Waals surface area contributed by atoms with Gasteiger partial charge in [0.2, 0.25) is 10.0 Å². The van der Waals surface area contributed by atoms with E-state index in [2.05, 4.69) is 18.6 Å². The molecule has 1 saturated carbocycles. The first-order chi connectivity index (χ1) is 11.2. The molecule has 0 unspecified atom stereocenters. The summed E-state index contributed by atoms with van der Waals surface area (Å²) in [5.74, 6) is 0.170. The minimum absolute atomic E-state index is 0.0120. The topological polar surface area (TPSA) is 66.5 Å². The Balaban J connectivity index is 2.20. The Morgan fingerprint density at radius 1 is 1.21 bits per heavy atom. The molecule has 0 aromatic heterocycles. The van der Waals surface area contributed by atoms with Gasteiger partial charge in [0.25, 0.3) is 5.91 Å². The Morgan fingerprint density at radius 3 is 2.42 bits per heavy atom. The van der Waals surface area contributed by atoms with Crippen molar-refractivity contribution in [2.24, 2.45) is 5.92 Å². The summed E-state index contributed by atoms with van der Waals surface area (Å²) in [6.45, 7) is 6.10. The number of nitrogens with zero attached hydrogens (tertiary/aromatic N) is 1. The van der Waals surface area contributed by atoms with Crippen molar-refractivity contribution in [3.63, 3.8) is 0 Å². The number of carbonyl (C=O) groups excluding carboxylic acids is 1. The second-order valence-electron chi connectivity index (χ2n) is 7.03. The van der Waals surface area contributed by atoms with Crippen LogP contribution >= 0.6 is 0 Å². The third kappa shape index (κ3) is 4.36. The van der Waals surface area contributed by atoms with E-state index in [-0.39, 0.29) is 22.9 Å². The number of benzene rings is 1. The Kier molecular flexibility index (Phi) is 6.04. The fourth-order valence-corrected chi connectivity index (χ4v) is 4.31. The first-order valence-electron chi connectivity index (χ1n) is 8.62. The number of carbonyl (C=O) groups is 1. The Hall–Kier alpha value is -1.40. The number of amides is 1. The maximum absolute atomic E-state index is 12.6. The van der Waals surface area contributed by atoms with Gasteiger partial charge < -0.3 is 4.90 Å². The second-order valence-corrected chi connectivity index (χ2v) is 8.75. The number of hydrogen-bond donors (Lipinski definition) is 1. The SMILES string of the molecule is CC(C)[C@@H](C)N(C)C(=O)c1cccc(S(=O)(=O)NC2CCCC2)c1. The average molecular weight is 353 g/mol. The Bertz CT molecular complexity index is 679. The van der Waals surface area contributed by atoms with E-state index in [0.29, 0.717) is 11.5 Å². The van der Waals surface area contributed by atoms with E-state index in [4.69, 9.17) is 0 Å². The van der Waals surface area contributed by atoms with Gasteiger partial charge in [0.15, 0.2) is 0 Å². The summed E-state index contributed by atoms with van der Waals surface area (Å²) < 4.78 is 27.8. The largest absolute Gasteiger partial charge is 0.339 e. The molecule has 1 aliphatic carbocycles. The highest BCUT2D eigenvalue weighted by Crippen LogP contribution is 2.21. The van der Waals surface area contributed by atoms with Crippen LogP contribution in [0.4, 0.5) is 0 Å². The number of nitrogens with one attached hydrogen (secondary N) is 1. The maximum atomic E-state index is 12.6. The third-order valence-corrected chi connectivity index (χ3v) is 6.48. The van der Waals surface area contributed by atoms with E-state index in [1.54, 1.807) is 30.1 Å². The zero-order valence-corrected chi connectivity index (χ0v) is 15.8. The van der Waals surface area contributed by atoms with Gasteiger partial charge in [-0.15, -0.1) is 0 Å². The minimum atomic E-state index is -3.58. The van der Waals surface area contributed by atoms with Crippen LogP contribution in [-0.4, -0.2) is 38.4 Å². The number of sulfonamides is 1. The second kappa shape index (κ2) is 7.66. The predicted octanol–water partition coefficient (Wildman–Crippen LogP) is 3.02. The van der Waals surface area contributed by atoms with Crippen LogP contribution in [0.5, 0.6) is 0 Å². The van der Waals surface area contributed by atoms with E-state index in [0.717, 1.165) is 25.7 Å². The lowest BCUT2D eigenvalue weighted by Gasteiger charge is -2.28. The molecule has 1 aromatic carbocycles. The van der Waals surface area contributed by atoms with Crippen LogP contribution in [0.3, 0.4) is 0 Å². The number of hydrogen-bond acceptors (Lipinski definition) is 3. The lowest BCUT2D eigenvalue weighted by atomic mass is 10.0. The molecule has 1 aliphatic rings. The molecule has 0 spiro atoms. The summed E-state index contributed by atoms with van der Waals surface area (Å²) in [5, 5.41) is 0. The zero-order valence-electron chi connectivity index (χ0n) is 15.0. The first-order valence-corrected chi connectivity index (χ1v) is 10.1. The Labute approximate surface area is 145 Å². The molecule has 1 aromatic rings. The van der Waals surface area contributed by atoms with Gasteiger partial charge >= 0.3 is 0 Å². The molecule has 24 heavy (non-hydrogen) atoms. The van der Waals surface area contributed by atoms with Crippen molar-refractivity contribution in [2.75, 3.05) is 7.05 Å². The molecule has 0 saturated heterocycles. The van der Waals surface area contributed by atoms with E-state index in [1.165, 1.54) is 6.07 Å². The Morgan fingerprint density at radius 2 is 1.83 bits per heavy atom. The highest BCUT2D eigenvalue weighted by molar-refractivity contribution is 7.89. The summed E-state index contributed by atoms with van der Waals surface area (Å²) in [4.78, 5) is 14.5. The maximum Gasteiger partial charge on any atom is 0.253 e. The van der Waals surface area contributed by atoms with Gasteiger partial charge in [-0.3, -0.25) is 4.79 Å². The van der Waals surface area contributed by atoms with E-state index < -0.39 is 10.0 Å². The van der Waals surface area contributed by atoms with Gasteiger partial charge in [0, 0.05) is 24.7 Å². The lowest BCUT2D eigenvalue weighted by molar-refractivity contribution is 0.0707. The minimum Gasteiger partial charge on any atom is -0.339 e. The highest BCUT2D eigenvalue weighted by atomic mass is 32.2. The fourth-order valence-electron chi connectivity index (χ4n) is 2.96. The smallest absolute Gasteiger partial charge is 0.253 e. The highest BCUT2D eigenvalue weighted by Gasteiger charge is 2.25. The third-order valence-electron chi connectivity index (χ3n) is 4.96. The van der Waals surface area contributed by atoms with Crippen molar-refractivity contribution >= 4 is 15.9 Å². The van der Waals surface area contributed by atoms with Crippen molar-refractivity contribution in [1.82, 2.24) is 9.62 Å². The van der Waals surface area contributed by atoms with E-state index in [9.17, 15) is 13.2 Å². The lowest BCUT2D eigenvalue weighted by Crippen LogP contribution is -2.38. The van der Waals surface area contributed by atoms with Crippen molar-refractivity contribution in [3.8, 4) is 0 Å². The molecule has 0 heterocycles. The van der Waals surface area contributed by atoms with Crippen LogP contribution in [-0.2, 0) is 10.0 Å². The van der Waals surface area contributed by atoms with Crippen molar-refractivity contribution in [2.45, 2.75) is 63.4 Å². The predicted molar refractivity (Wildman–Crippen MR) is 95.4 cm³/mol. The molecule has 6 heteroatoms. The van der Waals surface area contributed by atoms with Gasteiger partial charge in [-0.05, 0) is 43.9 Å². The quantitative estimate of drug-likeness (QED) is 0.856. The molecule has 2 rings (SSSR count). The summed E-state index contributed by atoms with van der Waals surface area (Å²) >= 11 is 0. The normalized spacial score (nSPS) is 17.2. The zero-order chi connectivity index (χ0) is 17.9. The van der Waals surface area contributed by atoms with Gasteiger partial charge in [-0.25, -0.2) is 13.1 Å². The van der Waals surface area contributed by atoms with Gasteiger partial charge in [0.05, 0.1) is 4.90 Å². The summed E-state index contributed by atoms with van der Waals surface area (Å²) in [5.41, 5.74) is 0.402. The van der Waals surface area contributed by atoms with Crippen LogP contribution in [0.15, 0.2) is 29.2 Å². The van der Waals surface area contributed by atoms with E-state index in [1.807, 2.05) is 6.92 Å². The van der Waals surface area contributed by atoms with Crippen LogP contribution in [0.2, 0.25) is 0 Å². The molecular formula is C18H28N2O3S. The van der Waals surface area contributed by atoms with Crippen LogP contribution in [0.25, 0.3) is 0 Å². The standard InChI is InChI=1S/C18H28N2O3S/c1-13(2)14(3)20(4)18(21)15-8-7-11-17(12-15)24(22,23)19-16-9-5-6-10-16/h7-8,11-14,16,19H,5-6,9-10H2,1-4H3/t14-/m1/s1. The molecule has 0 bridgehead atoms. The monoisotopic (exact) mass is 352 g/mol. The van der Waals surface area contributed by atoms with Gasteiger partial charge in [-0.1, -0.05) is 32.8 Å². The molecule has 1 N–H and O–H groups in total. The van der Waals surface area contributed by atoms with Crippen LogP contribution in [0.1, 0.15) is 56.8 Å². The summed E-state index contributed by atoms with van der Waals surface area (Å²) in [6.07, 6.45) is 3.88. The van der Waals surface area contributed by atoms with Crippen LogP contribution < -0.4 is 4.72 Å². The molecular weight excluding hydrogens is 324 g/mol.